The molecule has 1 rings (SSSR count). The van der Waals surface area contributed by atoms with Crippen molar-refractivity contribution in [2.45, 2.75) is 13.3 Å². The van der Waals surface area contributed by atoms with E-state index in [1.54, 1.807) is 19.1 Å². The Kier molecular flexibility index (Phi) is 2.65. The molecular weight excluding hydrogens is 195 g/mol. The molecule has 0 saturated heterocycles. The van der Waals surface area contributed by atoms with Crippen LogP contribution in [0.4, 0.5) is 13.2 Å². The van der Waals surface area contributed by atoms with Crippen molar-refractivity contribution in [3.8, 4) is 11.8 Å². The smallest absolute Gasteiger partial charge is 0.404 e. The van der Waals surface area contributed by atoms with Gasteiger partial charge in [0, 0.05) is 0 Å². The van der Waals surface area contributed by atoms with Gasteiger partial charge in [-0.25, -0.2) is 0 Å². The number of hydrogen-bond acceptors (Lipinski definition) is 2. The summed E-state index contributed by atoms with van der Waals surface area (Å²) in [4.78, 5) is 0. The molecule has 0 atom stereocenters. The van der Waals surface area contributed by atoms with E-state index in [-0.39, 0.29) is 5.56 Å². The molecular formula is C9H6F3NO. The minimum absolute atomic E-state index is 0.132. The molecule has 0 unspecified atom stereocenters. The van der Waals surface area contributed by atoms with E-state index in [2.05, 4.69) is 4.74 Å². The topological polar surface area (TPSA) is 33.0 Å². The maximum Gasteiger partial charge on any atom is 0.573 e. The lowest BCUT2D eigenvalue weighted by molar-refractivity contribution is -0.274. The van der Waals surface area contributed by atoms with Crippen molar-refractivity contribution in [3.05, 3.63) is 29.3 Å². The zero-order valence-corrected chi connectivity index (χ0v) is 7.22. The third kappa shape index (κ3) is 2.66. The zero-order chi connectivity index (χ0) is 10.8. The molecule has 5 heteroatoms. The second-order valence-corrected chi connectivity index (χ2v) is 2.66. The van der Waals surface area contributed by atoms with Crippen molar-refractivity contribution in [2.75, 3.05) is 0 Å². The number of alkyl halides is 3. The maximum atomic E-state index is 11.9. The Morgan fingerprint density at radius 3 is 2.50 bits per heavy atom. The van der Waals surface area contributed by atoms with Gasteiger partial charge in [-0.3, -0.25) is 0 Å². The van der Waals surface area contributed by atoms with E-state index in [9.17, 15) is 13.2 Å². The highest BCUT2D eigenvalue weighted by Crippen LogP contribution is 2.26. The number of ether oxygens (including phenoxy) is 1. The first-order valence-electron chi connectivity index (χ1n) is 3.69. The number of benzene rings is 1. The van der Waals surface area contributed by atoms with E-state index in [0.717, 1.165) is 0 Å². The van der Waals surface area contributed by atoms with Gasteiger partial charge in [0.05, 0.1) is 5.56 Å². The van der Waals surface area contributed by atoms with Gasteiger partial charge in [-0.15, -0.1) is 13.2 Å². The maximum absolute atomic E-state index is 11.9. The minimum atomic E-state index is -4.76. The molecule has 0 spiro atoms. The van der Waals surface area contributed by atoms with Gasteiger partial charge in [-0.1, -0.05) is 6.07 Å². The van der Waals surface area contributed by atoms with Crippen LogP contribution in [0.25, 0.3) is 0 Å². The molecule has 0 N–H and O–H groups in total. The van der Waals surface area contributed by atoms with Crippen LogP contribution in [0.1, 0.15) is 11.1 Å². The highest BCUT2D eigenvalue weighted by molar-refractivity contribution is 5.45. The van der Waals surface area contributed by atoms with E-state index in [1.165, 1.54) is 12.1 Å². The Balaban J connectivity index is 3.07. The number of nitrogens with zero attached hydrogens (tertiary/aromatic N) is 1. The summed E-state index contributed by atoms with van der Waals surface area (Å²) in [5.41, 5.74) is 0.469. The molecule has 0 saturated carbocycles. The van der Waals surface area contributed by atoms with Gasteiger partial charge < -0.3 is 4.74 Å². The van der Waals surface area contributed by atoms with Gasteiger partial charge in [0.15, 0.2) is 0 Å². The molecule has 1 aromatic rings. The summed E-state index contributed by atoms with van der Waals surface area (Å²) in [6, 6.07) is 5.62. The van der Waals surface area contributed by atoms with Crippen LogP contribution in [-0.4, -0.2) is 6.36 Å². The van der Waals surface area contributed by atoms with Crippen molar-refractivity contribution in [1.29, 1.82) is 5.26 Å². The second kappa shape index (κ2) is 3.58. The third-order valence-electron chi connectivity index (χ3n) is 1.48. The van der Waals surface area contributed by atoms with E-state index in [1.807, 2.05) is 0 Å². The molecule has 0 heterocycles. The number of halogens is 3. The first kappa shape index (κ1) is 10.4. The predicted molar refractivity (Wildman–Crippen MR) is 42.6 cm³/mol. The summed E-state index contributed by atoms with van der Waals surface area (Å²) in [5, 5.41) is 8.51. The molecule has 0 fully saturated rings. The number of hydrogen-bond donors (Lipinski definition) is 0. The Morgan fingerprint density at radius 1 is 1.36 bits per heavy atom. The Bertz CT molecular complexity index is 379. The summed E-state index contributed by atoms with van der Waals surface area (Å²) < 4.78 is 39.3. The third-order valence-corrected chi connectivity index (χ3v) is 1.48. The summed E-state index contributed by atoms with van der Waals surface area (Å²) in [5.74, 6) is -0.458. The lowest BCUT2D eigenvalue weighted by atomic mass is 10.1. The number of rotatable bonds is 1. The van der Waals surface area contributed by atoms with E-state index >= 15 is 0 Å². The zero-order valence-electron chi connectivity index (χ0n) is 7.22. The SMILES string of the molecule is Cc1ccc(C#N)c(OC(F)(F)F)c1. The Hall–Kier alpha value is -1.70. The van der Waals surface area contributed by atoms with Crippen LogP contribution in [0.2, 0.25) is 0 Å². The second-order valence-electron chi connectivity index (χ2n) is 2.66. The quantitative estimate of drug-likeness (QED) is 0.699. The molecule has 0 aliphatic carbocycles. The summed E-state index contributed by atoms with van der Waals surface area (Å²) in [6.45, 7) is 1.62. The highest BCUT2D eigenvalue weighted by Gasteiger charge is 2.32. The van der Waals surface area contributed by atoms with Crippen molar-refractivity contribution in [2.24, 2.45) is 0 Å². The standard InChI is InChI=1S/C9H6F3NO/c1-6-2-3-7(5-13)8(4-6)14-9(10,11)12/h2-4H,1H3. The first-order valence-corrected chi connectivity index (χ1v) is 3.69. The van der Waals surface area contributed by atoms with Crippen LogP contribution in [-0.2, 0) is 0 Å². The van der Waals surface area contributed by atoms with Crippen LogP contribution in [0.5, 0.6) is 5.75 Å². The summed E-state index contributed by atoms with van der Waals surface area (Å²) in [7, 11) is 0. The fraction of sp³-hybridized carbons (Fsp3) is 0.222. The van der Waals surface area contributed by atoms with Crippen molar-refractivity contribution in [3.63, 3.8) is 0 Å². The van der Waals surface area contributed by atoms with E-state index in [4.69, 9.17) is 5.26 Å². The molecule has 2 nitrogen and oxygen atoms in total. The van der Waals surface area contributed by atoms with Gasteiger partial charge >= 0.3 is 6.36 Å². The molecule has 0 aliphatic rings. The molecule has 0 radical (unpaired) electrons. The summed E-state index contributed by atoms with van der Waals surface area (Å²) >= 11 is 0. The molecule has 0 aromatic heterocycles. The van der Waals surface area contributed by atoms with Gasteiger partial charge in [-0.2, -0.15) is 5.26 Å². The van der Waals surface area contributed by atoms with Crippen molar-refractivity contribution in [1.82, 2.24) is 0 Å². The Morgan fingerprint density at radius 2 is 2.00 bits per heavy atom. The van der Waals surface area contributed by atoms with E-state index < -0.39 is 12.1 Å². The van der Waals surface area contributed by atoms with Crippen LogP contribution in [0, 0.1) is 18.3 Å². The van der Waals surface area contributed by atoms with E-state index in [0.29, 0.717) is 5.56 Å². The number of aryl methyl sites for hydroxylation is 1. The molecule has 0 bridgehead atoms. The van der Waals surface area contributed by atoms with Gasteiger partial charge in [0.1, 0.15) is 11.8 Å². The fourth-order valence-corrected chi connectivity index (χ4v) is 0.931. The minimum Gasteiger partial charge on any atom is -0.404 e. The highest BCUT2D eigenvalue weighted by atomic mass is 19.4. The average Bonchev–Trinajstić information content (AvgIpc) is 2.01. The van der Waals surface area contributed by atoms with Crippen molar-refractivity contribution >= 4 is 0 Å². The van der Waals surface area contributed by atoms with Gasteiger partial charge in [-0.05, 0) is 24.6 Å². The van der Waals surface area contributed by atoms with Crippen molar-refractivity contribution < 1.29 is 17.9 Å². The molecule has 74 valence electrons. The molecule has 0 aliphatic heterocycles. The summed E-state index contributed by atoms with van der Waals surface area (Å²) in [6.07, 6.45) is -4.76. The van der Waals surface area contributed by atoms with Crippen LogP contribution < -0.4 is 4.74 Å². The predicted octanol–water partition coefficient (Wildman–Crippen LogP) is 2.77. The van der Waals surface area contributed by atoms with Crippen LogP contribution >= 0.6 is 0 Å². The van der Waals surface area contributed by atoms with Crippen LogP contribution in [0.15, 0.2) is 18.2 Å². The van der Waals surface area contributed by atoms with Crippen LogP contribution in [0.3, 0.4) is 0 Å². The Labute approximate surface area is 78.5 Å². The molecule has 1 aromatic carbocycles. The molecule has 14 heavy (non-hydrogen) atoms. The average molecular weight is 201 g/mol. The first-order chi connectivity index (χ1) is 6.42. The normalized spacial score (nSPS) is 10.8. The molecule has 0 amide bonds. The number of nitriles is 1. The van der Waals surface area contributed by atoms with Gasteiger partial charge in [0.2, 0.25) is 0 Å². The van der Waals surface area contributed by atoms with Gasteiger partial charge in [0.25, 0.3) is 0 Å². The fourth-order valence-electron chi connectivity index (χ4n) is 0.931. The largest absolute Gasteiger partial charge is 0.573 e. The lowest BCUT2D eigenvalue weighted by Gasteiger charge is -2.10. The lowest BCUT2D eigenvalue weighted by Crippen LogP contribution is -2.17. The monoisotopic (exact) mass is 201 g/mol.